The molecular weight excluding hydrogens is 250 g/mol. The van der Waals surface area contributed by atoms with Crippen molar-refractivity contribution in [1.29, 1.82) is 0 Å². The van der Waals surface area contributed by atoms with Crippen LogP contribution in [0.25, 0.3) is 0 Å². The van der Waals surface area contributed by atoms with E-state index in [-0.39, 0.29) is 4.88 Å². The topological polar surface area (TPSA) is 59.4 Å². The summed E-state index contributed by atoms with van der Waals surface area (Å²) in [4.78, 5) is 14.9. The first kappa shape index (κ1) is 12.6. The van der Waals surface area contributed by atoms with Gasteiger partial charge in [-0.15, -0.1) is 11.3 Å². The first-order valence-electron chi connectivity index (χ1n) is 5.58. The Labute approximate surface area is 109 Å². The molecule has 0 amide bonds. The van der Waals surface area contributed by atoms with Crippen LogP contribution >= 0.6 is 11.3 Å². The van der Waals surface area contributed by atoms with Crippen LogP contribution in [0.2, 0.25) is 0 Å². The van der Waals surface area contributed by atoms with Crippen LogP contribution in [0.4, 0.5) is 0 Å². The molecule has 0 spiro atoms. The third kappa shape index (κ3) is 3.07. The Balaban J connectivity index is 1.99. The van der Waals surface area contributed by atoms with Crippen molar-refractivity contribution in [2.24, 2.45) is 0 Å². The highest BCUT2D eigenvalue weighted by atomic mass is 32.1. The Morgan fingerprint density at radius 2 is 2.33 bits per heavy atom. The molecule has 18 heavy (non-hydrogen) atoms. The molecule has 0 atom stereocenters. The van der Waals surface area contributed by atoms with E-state index in [1.165, 1.54) is 11.8 Å². The summed E-state index contributed by atoms with van der Waals surface area (Å²) in [7, 11) is 0. The van der Waals surface area contributed by atoms with Crippen molar-refractivity contribution in [2.45, 2.75) is 20.0 Å². The highest BCUT2D eigenvalue weighted by Crippen LogP contribution is 2.18. The maximum atomic E-state index is 10.7. The van der Waals surface area contributed by atoms with Crippen LogP contribution in [-0.2, 0) is 13.0 Å². The third-order valence-corrected chi connectivity index (χ3v) is 3.39. The number of carboxylic acid groups (broad SMARTS) is 1. The number of carboxylic acids is 1. The van der Waals surface area contributed by atoms with Crippen molar-refractivity contribution >= 4 is 17.3 Å². The molecule has 0 saturated carbocycles. The summed E-state index contributed by atoms with van der Waals surface area (Å²) in [5.74, 6) is -0.173. The van der Waals surface area contributed by atoms with Gasteiger partial charge in [-0.3, -0.25) is 0 Å². The van der Waals surface area contributed by atoms with Gasteiger partial charge < -0.3 is 9.84 Å². The second-order valence-corrected chi connectivity index (χ2v) is 4.83. The maximum absolute atomic E-state index is 10.7. The number of hydrogen-bond acceptors (Lipinski definition) is 4. The maximum Gasteiger partial charge on any atom is 0.347 e. The molecule has 5 heteroatoms. The highest BCUT2D eigenvalue weighted by Gasteiger charge is 2.08. The van der Waals surface area contributed by atoms with Gasteiger partial charge >= 0.3 is 5.97 Å². The zero-order valence-electron chi connectivity index (χ0n) is 9.92. The number of benzene rings is 1. The van der Waals surface area contributed by atoms with E-state index in [1.807, 2.05) is 24.3 Å². The summed E-state index contributed by atoms with van der Waals surface area (Å²) in [6.07, 6.45) is 2.31. The van der Waals surface area contributed by atoms with Gasteiger partial charge in [0.1, 0.15) is 22.2 Å². The zero-order valence-corrected chi connectivity index (χ0v) is 10.7. The molecule has 0 aliphatic carbocycles. The van der Waals surface area contributed by atoms with Crippen LogP contribution in [0, 0.1) is 0 Å². The van der Waals surface area contributed by atoms with Gasteiger partial charge in [-0.05, 0) is 24.1 Å². The molecule has 1 N–H and O–H groups in total. The molecule has 1 heterocycles. The molecule has 0 aliphatic heterocycles. The number of aromatic carboxylic acids is 1. The van der Waals surface area contributed by atoms with Crippen molar-refractivity contribution in [3.05, 3.63) is 45.9 Å². The van der Waals surface area contributed by atoms with Crippen molar-refractivity contribution < 1.29 is 14.6 Å². The summed E-state index contributed by atoms with van der Waals surface area (Å²) in [6, 6.07) is 7.84. The largest absolute Gasteiger partial charge is 0.486 e. The van der Waals surface area contributed by atoms with Crippen molar-refractivity contribution in [2.75, 3.05) is 0 Å². The first-order chi connectivity index (χ1) is 8.69. The third-order valence-electron chi connectivity index (χ3n) is 2.43. The van der Waals surface area contributed by atoms with Crippen molar-refractivity contribution in [1.82, 2.24) is 4.98 Å². The fourth-order valence-electron chi connectivity index (χ4n) is 1.48. The monoisotopic (exact) mass is 263 g/mol. The smallest absolute Gasteiger partial charge is 0.347 e. The van der Waals surface area contributed by atoms with Crippen LogP contribution in [0.3, 0.4) is 0 Å². The lowest BCUT2D eigenvalue weighted by Crippen LogP contribution is -1.95. The van der Waals surface area contributed by atoms with Gasteiger partial charge in [0, 0.05) is 0 Å². The summed E-state index contributed by atoms with van der Waals surface area (Å²) in [6.45, 7) is 2.38. The van der Waals surface area contributed by atoms with Gasteiger partial charge in [0.05, 0.1) is 6.20 Å². The minimum Gasteiger partial charge on any atom is -0.486 e. The fourth-order valence-corrected chi connectivity index (χ4v) is 2.15. The van der Waals surface area contributed by atoms with Gasteiger partial charge in [0.25, 0.3) is 0 Å². The molecule has 1 aromatic heterocycles. The molecule has 0 bridgehead atoms. The predicted molar refractivity (Wildman–Crippen MR) is 69.2 cm³/mol. The lowest BCUT2D eigenvalue weighted by molar-refractivity contribution is 0.0702. The average Bonchev–Trinajstić information content (AvgIpc) is 2.85. The molecular formula is C13H13NO3S. The highest BCUT2D eigenvalue weighted by molar-refractivity contribution is 7.13. The number of carbonyl (C=O) groups is 1. The molecule has 2 rings (SSSR count). The average molecular weight is 263 g/mol. The minimum atomic E-state index is -0.952. The summed E-state index contributed by atoms with van der Waals surface area (Å²) in [5.41, 5.74) is 1.21. The number of aromatic nitrogens is 1. The van der Waals surface area contributed by atoms with E-state index in [1.54, 1.807) is 0 Å². The van der Waals surface area contributed by atoms with Crippen molar-refractivity contribution in [3.63, 3.8) is 0 Å². The Kier molecular flexibility index (Phi) is 3.94. The standard InChI is InChI=1S/C13H13NO3S/c1-2-9-4-3-5-10(6-9)17-8-12-14-7-11(18-12)13(15)16/h3-7H,2,8H2,1H3,(H,15,16). The Morgan fingerprint density at radius 1 is 1.50 bits per heavy atom. The summed E-state index contributed by atoms with van der Waals surface area (Å²) in [5, 5.41) is 9.44. The molecule has 0 saturated heterocycles. The number of aryl methyl sites for hydroxylation is 1. The van der Waals surface area contributed by atoms with Crippen LogP contribution in [0.5, 0.6) is 5.75 Å². The molecule has 0 radical (unpaired) electrons. The van der Waals surface area contributed by atoms with E-state index >= 15 is 0 Å². The number of nitrogens with zero attached hydrogens (tertiary/aromatic N) is 1. The van der Waals surface area contributed by atoms with E-state index in [0.29, 0.717) is 11.6 Å². The first-order valence-corrected chi connectivity index (χ1v) is 6.40. The van der Waals surface area contributed by atoms with Crippen LogP contribution in [0.15, 0.2) is 30.5 Å². The van der Waals surface area contributed by atoms with E-state index in [0.717, 1.165) is 23.5 Å². The van der Waals surface area contributed by atoms with Crippen LogP contribution in [-0.4, -0.2) is 16.1 Å². The number of rotatable bonds is 5. The lowest BCUT2D eigenvalue weighted by atomic mass is 10.2. The number of hydrogen-bond donors (Lipinski definition) is 1. The SMILES string of the molecule is CCc1cccc(OCc2ncc(C(=O)O)s2)c1. The van der Waals surface area contributed by atoms with Crippen LogP contribution < -0.4 is 4.74 Å². The lowest BCUT2D eigenvalue weighted by Gasteiger charge is -2.05. The van der Waals surface area contributed by atoms with Gasteiger partial charge in [0.15, 0.2) is 0 Å². The second-order valence-electron chi connectivity index (χ2n) is 3.71. The van der Waals surface area contributed by atoms with Crippen LogP contribution in [0.1, 0.15) is 27.2 Å². The molecule has 0 unspecified atom stereocenters. The van der Waals surface area contributed by atoms with Gasteiger partial charge in [-0.25, -0.2) is 9.78 Å². The summed E-state index contributed by atoms with van der Waals surface area (Å²) < 4.78 is 5.58. The van der Waals surface area contributed by atoms with Crippen molar-refractivity contribution in [3.8, 4) is 5.75 Å². The van der Waals surface area contributed by atoms with E-state index < -0.39 is 5.97 Å². The Morgan fingerprint density at radius 3 is 3.00 bits per heavy atom. The quantitative estimate of drug-likeness (QED) is 0.901. The molecule has 1 aromatic carbocycles. The van der Waals surface area contributed by atoms with E-state index in [4.69, 9.17) is 9.84 Å². The normalized spacial score (nSPS) is 10.3. The molecule has 0 aliphatic rings. The Hall–Kier alpha value is -1.88. The molecule has 0 fully saturated rings. The molecule has 4 nitrogen and oxygen atoms in total. The minimum absolute atomic E-state index is 0.232. The van der Waals surface area contributed by atoms with E-state index in [9.17, 15) is 4.79 Å². The fraction of sp³-hybridized carbons (Fsp3) is 0.231. The molecule has 2 aromatic rings. The Bertz CT molecular complexity index is 551. The molecule has 94 valence electrons. The number of thiazole rings is 1. The zero-order chi connectivity index (χ0) is 13.0. The second kappa shape index (κ2) is 5.64. The number of ether oxygens (including phenoxy) is 1. The van der Waals surface area contributed by atoms with Gasteiger partial charge in [0.2, 0.25) is 0 Å². The van der Waals surface area contributed by atoms with E-state index in [2.05, 4.69) is 11.9 Å². The van der Waals surface area contributed by atoms with Gasteiger partial charge in [-0.2, -0.15) is 0 Å². The van der Waals surface area contributed by atoms with Gasteiger partial charge in [-0.1, -0.05) is 19.1 Å². The predicted octanol–water partition coefficient (Wildman–Crippen LogP) is 2.98. The summed E-state index contributed by atoms with van der Waals surface area (Å²) >= 11 is 1.13.